The maximum Gasteiger partial charge on any atom is 0.280 e. The molecular formula is C19H26N6O3S2. The molecule has 0 radical (unpaired) electrons. The third-order valence-corrected chi connectivity index (χ3v) is 8.12. The van der Waals surface area contributed by atoms with Crippen LogP contribution in [0.25, 0.3) is 0 Å². The number of rotatable bonds is 5. The molecule has 0 bridgehead atoms. The lowest BCUT2D eigenvalue weighted by atomic mass is 10.00. The third-order valence-electron chi connectivity index (χ3n) is 5.47. The molecule has 0 aliphatic carbocycles. The molecule has 1 fully saturated rings. The van der Waals surface area contributed by atoms with Crippen molar-refractivity contribution in [2.24, 2.45) is 0 Å². The molecule has 3 heterocycles. The number of thiophene rings is 1. The van der Waals surface area contributed by atoms with E-state index in [1.165, 1.54) is 18.4 Å². The predicted octanol–water partition coefficient (Wildman–Crippen LogP) is 2.23. The molecule has 11 heteroatoms. The number of amides is 1. The number of carbonyl (C=O) groups is 1. The Bertz CT molecular complexity index is 1110. The molecule has 2 N–H and O–H groups in total. The van der Waals surface area contributed by atoms with Crippen molar-refractivity contribution in [3.8, 4) is 6.07 Å². The maximum absolute atomic E-state index is 13.1. The van der Waals surface area contributed by atoms with Gasteiger partial charge in [-0.2, -0.15) is 27.8 Å². The molecule has 2 atom stereocenters. The van der Waals surface area contributed by atoms with Gasteiger partial charge >= 0.3 is 0 Å². The van der Waals surface area contributed by atoms with Gasteiger partial charge in [-0.3, -0.25) is 9.48 Å². The van der Waals surface area contributed by atoms with E-state index in [9.17, 15) is 18.5 Å². The number of hydrogen-bond acceptors (Lipinski definition) is 6. The van der Waals surface area contributed by atoms with E-state index in [0.717, 1.165) is 26.0 Å². The van der Waals surface area contributed by atoms with Crippen LogP contribution in [0.5, 0.6) is 0 Å². The number of hydrogen-bond donors (Lipinski definition) is 2. The van der Waals surface area contributed by atoms with Crippen molar-refractivity contribution in [2.75, 3.05) is 12.4 Å². The first-order valence-corrected chi connectivity index (χ1v) is 12.0. The maximum atomic E-state index is 13.1. The zero-order valence-electron chi connectivity index (χ0n) is 17.7. The van der Waals surface area contributed by atoms with Crippen LogP contribution in [0.3, 0.4) is 0 Å². The van der Waals surface area contributed by atoms with Crippen molar-refractivity contribution in [1.29, 1.82) is 5.26 Å². The Labute approximate surface area is 180 Å². The molecule has 162 valence electrons. The first-order valence-electron chi connectivity index (χ1n) is 9.75. The minimum atomic E-state index is -3.86. The standard InChI is InChI=1S/C19H26N6O3S2/c1-6-13-12(4)29-19(14(13)9-20)21-18(26)17-8-16(23-30(27,28)24(17)5)15-10-25(7-2)22-11(15)3/h10,16-17,23H,6-8H2,1-5H3,(H,21,26)/t16-,17+/m1/s1. The summed E-state index contributed by atoms with van der Waals surface area (Å²) in [6, 6.07) is 0.690. The van der Waals surface area contributed by atoms with Crippen LogP contribution in [0.4, 0.5) is 5.00 Å². The minimum Gasteiger partial charge on any atom is -0.315 e. The van der Waals surface area contributed by atoms with E-state index in [1.807, 2.05) is 33.9 Å². The van der Waals surface area contributed by atoms with Crippen LogP contribution in [0.2, 0.25) is 0 Å². The topological polar surface area (TPSA) is 120 Å². The smallest absolute Gasteiger partial charge is 0.280 e. The van der Waals surface area contributed by atoms with Crippen LogP contribution in [-0.4, -0.2) is 41.5 Å². The largest absolute Gasteiger partial charge is 0.315 e. The highest BCUT2D eigenvalue weighted by molar-refractivity contribution is 7.87. The van der Waals surface area contributed by atoms with Crippen LogP contribution in [0.1, 0.15) is 53.6 Å². The summed E-state index contributed by atoms with van der Waals surface area (Å²) in [6.07, 6.45) is 2.75. The Morgan fingerprint density at radius 1 is 1.43 bits per heavy atom. The van der Waals surface area contributed by atoms with Gasteiger partial charge in [0.1, 0.15) is 17.1 Å². The summed E-state index contributed by atoms with van der Waals surface area (Å²) in [5, 5.41) is 17.2. The van der Waals surface area contributed by atoms with Crippen LogP contribution in [0, 0.1) is 25.2 Å². The SMILES string of the molecule is CCc1c(C)sc(NC(=O)[C@@H]2C[C@H](c3cn(CC)nc3C)NS(=O)(=O)N2C)c1C#N. The van der Waals surface area contributed by atoms with Crippen LogP contribution in [0.15, 0.2) is 6.20 Å². The van der Waals surface area contributed by atoms with E-state index in [1.54, 1.807) is 4.68 Å². The summed E-state index contributed by atoms with van der Waals surface area (Å²) in [4.78, 5) is 14.1. The van der Waals surface area contributed by atoms with E-state index in [4.69, 9.17) is 0 Å². The quantitative estimate of drug-likeness (QED) is 0.724. The summed E-state index contributed by atoms with van der Waals surface area (Å²) in [5.41, 5.74) is 2.83. The molecule has 1 saturated heterocycles. The molecular weight excluding hydrogens is 424 g/mol. The number of anilines is 1. The minimum absolute atomic E-state index is 0.255. The number of nitriles is 1. The first-order chi connectivity index (χ1) is 14.1. The molecule has 1 aliphatic rings. The molecule has 2 aromatic rings. The van der Waals surface area contributed by atoms with Gasteiger partial charge in [-0.05, 0) is 39.2 Å². The second kappa shape index (κ2) is 8.47. The van der Waals surface area contributed by atoms with Gasteiger partial charge in [-0.15, -0.1) is 11.3 Å². The van der Waals surface area contributed by atoms with Gasteiger partial charge in [-0.1, -0.05) is 6.92 Å². The number of aromatic nitrogens is 2. The van der Waals surface area contributed by atoms with E-state index in [0.29, 0.717) is 23.5 Å². The predicted molar refractivity (Wildman–Crippen MR) is 115 cm³/mol. The van der Waals surface area contributed by atoms with Crippen molar-refractivity contribution in [3.63, 3.8) is 0 Å². The number of nitrogens with one attached hydrogen (secondary N) is 2. The second-order valence-electron chi connectivity index (χ2n) is 7.26. The summed E-state index contributed by atoms with van der Waals surface area (Å²) >= 11 is 1.34. The summed E-state index contributed by atoms with van der Waals surface area (Å²) in [6.45, 7) is 8.30. The van der Waals surface area contributed by atoms with Crippen molar-refractivity contribution < 1.29 is 13.2 Å². The lowest BCUT2D eigenvalue weighted by Crippen LogP contribution is -2.56. The fraction of sp³-hybridized carbons (Fsp3) is 0.526. The summed E-state index contributed by atoms with van der Waals surface area (Å²) < 4.78 is 30.8. The Morgan fingerprint density at radius 3 is 2.70 bits per heavy atom. The van der Waals surface area contributed by atoms with Crippen molar-refractivity contribution in [1.82, 2.24) is 18.8 Å². The van der Waals surface area contributed by atoms with Crippen molar-refractivity contribution >= 4 is 32.5 Å². The average Bonchev–Trinajstić information content (AvgIpc) is 3.21. The molecule has 1 amide bonds. The van der Waals surface area contributed by atoms with Gasteiger partial charge in [-0.25, -0.2) is 0 Å². The van der Waals surface area contributed by atoms with Gasteiger partial charge in [0.2, 0.25) is 5.91 Å². The zero-order chi connectivity index (χ0) is 22.2. The molecule has 9 nitrogen and oxygen atoms in total. The number of likely N-dealkylation sites (N-methyl/N-ethyl adjacent to an activating group) is 1. The molecule has 1 aliphatic heterocycles. The Balaban J connectivity index is 1.91. The molecule has 0 unspecified atom stereocenters. The fourth-order valence-corrected chi connectivity index (χ4v) is 6.12. The molecule has 3 rings (SSSR count). The highest BCUT2D eigenvalue weighted by atomic mass is 32.2. The third kappa shape index (κ3) is 4.00. The average molecular weight is 451 g/mol. The summed E-state index contributed by atoms with van der Waals surface area (Å²) in [7, 11) is -2.48. The molecule has 2 aromatic heterocycles. The number of nitrogens with zero attached hydrogens (tertiary/aromatic N) is 4. The van der Waals surface area contributed by atoms with E-state index >= 15 is 0 Å². The Hall–Kier alpha value is -2.26. The van der Waals surface area contributed by atoms with Gasteiger partial charge in [0.25, 0.3) is 10.2 Å². The Morgan fingerprint density at radius 2 is 2.13 bits per heavy atom. The van der Waals surface area contributed by atoms with Gasteiger partial charge in [0, 0.05) is 30.2 Å². The monoisotopic (exact) mass is 450 g/mol. The van der Waals surface area contributed by atoms with Gasteiger partial charge in [0.15, 0.2) is 0 Å². The van der Waals surface area contributed by atoms with Gasteiger partial charge < -0.3 is 5.32 Å². The van der Waals surface area contributed by atoms with Crippen LogP contribution < -0.4 is 10.0 Å². The normalized spacial score (nSPS) is 21.3. The molecule has 0 spiro atoms. The second-order valence-corrected chi connectivity index (χ2v) is 10.3. The first kappa shape index (κ1) is 22.4. The number of carbonyl (C=O) groups excluding carboxylic acids is 1. The van der Waals surface area contributed by atoms with Crippen molar-refractivity contribution in [2.45, 2.75) is 59.2 Å². The van der Waals surface area contributed by atoms with Crippen LogP contribution >= 0.6 is 11.3 Å². The van der Waals surface area contributed by atoms with Crippen LogP contribution in [-0.2, 0) is 28.0 Å². The summed E-state index contributed by atoms with van der Waals surface area (Å²) in [5.74, 6) is -0.450. The molecule has 30 heavy (non-hydrogen) atoms. The van der Waals surface area contributed by atoms with E-state index in [2.05, 4.69) is 21.2 Å². The highest BCUT2D eigenvalue weighted by Gasteiger charge is 2.41. The van der Waals surface area contributed by atoms with Gasteiger partial charge in [0.05, 0.1) is 17.3 Å². The molecule has 0 aromatic carbocycles. The van der Waals surface area contributed by atoms with Crippen molar-refractivity contribution in [3.05, 3.63) is 33.5 Å². The van der Waals surface area contributed by atoms with E-state index in [-0.39, 0.29) is 6.42 Å². The number of aryl methyl sites for hydroxylation is 3. The molecule has 0 saturated carbocycles. The lowest BCUT2D eigenvalue weighted by molar-refractivity contribution is -0.120. The van der Waals surface area contributed by atoms with E-state index < -0.39 is 28.2 Å². The Kier molecular flexibility index (Phi) is 6.33. The zero-order valence-corrected chi connectivity index (χ0v) is 19.3. The highest BCUT2D eigenvalue weighted by Crippen LogP contribution is 2.34. The fourth-order valence-electron chi connectivity index (χ4n) is 3.76. The lowest BCUT2D eigenvalue weighted by Gasteiger charge is -2.35.